The highest BCUT2D eigenvalue weighted by Crippen LogP contribution is 2.22. The highest BCUT2D eigenvalue weighted by atomic mass is 16.5. The maximum Gasteiger partial charge on any atom is 0.325 e. The summed E-state index contributed by atoms with van der Waals surface area (Å²) in [6.45, 7) is 0.168. The second kappa shape index (κ2) is 4.88. The van der Waals surface area contributed by atoms with Crippen molar-refractivity contribution >= 4 is 11.7 Å². The monoisotopic (exact) mass is 221 g/mol. The lowest BCUT2D eigenvalue weighted by atomic mass is 9.96. The molecule has 4 nitrogen and oxygen atoms in total. The number of ether oxygens (including phenoxy) is 1. The minimum atomic E-state index is -0.224. The first-order valence-electron chi connectivity index (χ1n) is 5.46. The molecule has 0 radical (unpaired) electrons. The predicted octanol–water partition coefficient (Wildman–Crippen LogP) is 1.90. The van der Waals surface area contributed by atoms with Crippen molar-refractivity contribution in [3.8, 4) is 5.75 Å². The van der Waals surface area contributed by atoms with E-state index in [2.05, 4.69) is 5.32 Å². The van der Waals surface area contributed by atoms with Crippen molar-refractivity contribution in [2.24, 2.45) is 0 Å². The third kappa shape index (κ3) is 2.89. The summed E-state index contributed by atoms with van der Waals surface area (Å²) in [6.07, 6.45) is 3.27. The van der Waals surface area contributed by atoms with Crippen LogP contribution in [0.3, 0.4) is 0 Å². The summed E-state index contributed by atoms with van der Waals surface area (Å²) in [5.74, 6) is -0.0135. The number of rotatable bonds is 4. The minimum absolute atomic E-state index is 0.133. The summed E-state index contributed by atoms with van der Waals surface area (Å²) in [5, 5.41) is 12.0. The van der Waals surface area contributed by atoms with Gasteiger partial charge in [-0.2, -0.15) is 0 Å². The maximum absolute atomic E-state index is 11.4. The van der Waals surface area contributed by atoms with E-state index in [1.54, 1.807) is 24.3 Å². The second-order valence-electron chi connectivity index (χ2n) is 3.94. The van der Waals surface area contributed by atoms with Gasteiger partial charge in [-0.1, -0.05) is 0 Å². The topological polar surface area (TPSA) is 58.6 Å². The molecule has 86 valence electrons. The summed E-state index contributed by atoms with van der Waals surface area (Å²) < 4.78 is 5.18. The lowest BCUT2D eigenvalue weighted by Gasteiger charge is -2.25. The molecule has 0 heterocycles. The van der Waals surface area contributed by atoms with Crippen LogP contribution in [0.5, 0.6) is 5.75 Å². The molecule has 16 heavy (non-hydrogen) atoms. The van der Waals surface area contributed by atoms with Gasteiger partial charge in [0.15, 0.2) is 0 Å². The zero-order valence-corrected chi connectivity index (χ0v) is 8.98. The Morgan fingerprint density at radius 1 is 1.38 bits per heavy atom. The van der Waals surface area contributed by atoms with Crippen LogP contribution in [-0.4, -0.2) is 23.7 Å². The molecule has 1 fully saturated rings. The van der Waals surface area contributed by atoms with Gasteiger partial charge in [0.05, 0.1) is 0 Å². The van der Waals surface area contributed by atoms with Crippen LogP contribution in [0.2, 0.25) is 0 Å². The van der Waals surface area contributed by atoms with E-state index in [0.717, 1.165) is 24.9 Å². The highest BCUT2D eigenvalue weighted by molar-refractivity contribution is 5.75. The molecule has 1 aromatic rings. The van der Waals surface area contributed by atoms with E-state index in [1.807, 2.05) is 0 Å². The largest absolute Gasteiger partial charge is 0.508 e. The van der Waals surface area contributed by atoms with Gasteiger partial charge in [0.2, 0.25) is 0 Å². The first-order valence-corrected chi connectivity index (χ1v) is 5.46. The van der Waals surface area contributed by atoms with Crippen LogP contribution in [0.1, 0.15) is 19.3 Å². The minimum Gasteiger partial charge on any atom is -0.508 e. The second-order valence-corrected chi connectivity index (χ2v) is 3.94. The molecule has 0 atom stereocenters. The molecule has 0 aromatic heterocycles. The number of benzene rings is 1. The van der Waals surface area contributed by atoms with Crippen molar-refractivity contribution < 1.29 is 14.6 Å². The Bertz CT molecular complexity index is 357. The Labute approximate surface area is 94.2 Å². The fraction of sp³-hybridized carbons (Fsp3) is 0.417. The van der Waals surface area contributed by atoms with Crippen molar-refractivity contribution in [3.63, 3.8) is 0 Å². The van der Waals surface area contributed by atoms with E-state index in [0.29, 0.717) is 0 Å². The lowest BCUT2D eigenvalue weighted by molar-refractivity contribution is -0.150. The molecule has 2 rings (SSSR count). The number of aromatic hydroxyl groups is 1. The smallest absolute Gasteiger partial charge is 0.325 e. The third-order valence-corrected chi connectivity index (χ3v) is 2.65. The van der Waals surface area contributed by atoms with E-state index in [9.17, 15) is 4.79 Å². The average molecular weight is 221 g/mol. The van der Waals surface area contributed by atoms with E-state index in [1.165, 1.54) is 0 Å². The number of anilines is 1. The lowest BCUT2D eigenvalue weighted by Crippen LogP contribution is -2.28. The fourth-order valence-corrected chi connectivity index (χ4v) is 1.47. The molecule has 1 aliphatic carbocycles. The SMILES string of the molecule is O=C(CNc1ccc(O)cc1)OC1CCC1. The van der Waals surface area contributed by atoms with Crippen LogP contribution < -0.4 is 5.32 Å². The first kappa shape index (κ1) is 10.8. The Kier molecular flexibility index (Phi) is 3.29. The van der Waals surface area contributed by atoms with Gasteiger partial charge in [-0.05, 0) is 43.5 Å². The van der Waals surface area contributed by atoms with Crippen molar-refractivity contribution in [2.45, 2.75) is 25.4 Å². The quantitative estimate of drug-likeness (QED) is 0.602. The number of hydrogen-bond donors (Lipinski definition) is 2. The van der Waals surface area contributed by atoms with E-state index in [4.69, 9.17) is 9.84 Å². The predicted molar refractivity (Wildman–Crippen MR) is 60.3 cm³/mol. The van der Waals surface area contributed by atoms with Crippen LogP contribution in [0, 0.1) is 0 Å². The number of nitrogens with one attached hydrogen (secondary N) is 1. The van der Waals surface area contributed by atoms with E-state index in [-0.39, 0.29) is 24.4 Å². The van der Waals surface area contributed by atoms with Crippen molar-refractivity contribution in [2.75, 3.05) is 11.9 Å². The zero-order valence-electron chi connectivity index (χ0n) is 8.98. The Balaban J connectivity index is 1.73. The summed E-state index contributed by atoms with van der Waals surface area (Å²) in [4.78, 5) is 11.4. The van der Waals surface area contributed by atoms with Crippen LogP contribution in [0.25, 0.3) is 0 Å². The third-order valence-electron chi connectivity index (χ3n) is 2.65. The summed E-state index contributed by atoms with van der Waals surface area (Å²) in [6, 6.07) is 6.57. The number of phenols is 1. The molecule has 0 amide bonds. The van der Waals surface area contributed by atoms with Gasteiger partial charge < -0.3 is 15.2 Å². The molecule has 4 heteroatoms. The van der Waals surface area contributed by atoms with Gasteiger partial charge in [-0.3, -0.25) is 4.79 Å². The van der Waals surface area contributed by atoms with Gasteiger partial charge in [0.25, 0.3) is 0 Å². The zero-order chi connectivity index (χ0) is 11.4. The summed E-state index contributed by atoms with van der Waals surface area (Å²) in [5.41, 5.74) is 0.795. The molecule has 0 unspecified atom stereocenters. The van der Waals surface area contributed by atoms with Gasteiger partial charge in [0.1, 0.15) is 18.4 Å². The molecular formula is C12H15NO3. The molecular weight excluding hydrogens is 206 g/mol. The Hall–Kier alpha value is -1.71. The molecule has 2 N–H and O–H groups in total. The van der Waals surface area contributed by atoms with E-state index >= 15 is 0 Å². The highest BCUT2D eigenvalue weighted by Gasteiger charge is 2.21. The normalized spacial score (nSPS) is 15.2. The van der Waals surface area contributed by atoms with Gasteiger partial charge in [-0.15, -0.1) is 0 Å². The Morgan fingerprint density at radius 2 is 2.06 bits per heavy atom. The number of phenolic OH excluding ortho intramolecular Hbond substituents is 1. The number of carbonyl (C=O) groups is 1. The van der Waals surface area contributed by atoms with Crippen LogP contribution >= 0.6 is 0 Å². The fourth-order valence-electron chi connectivity index (χ4n) is 1.47. The van der Waals surface area contributed by atoms with Gasteiger partial charge in [-0.25, -0.2) is 0 Å². The molecule has 1 aromatic carbocycles. The van der Waals surface area contributed by atoms with Crippen molar-refractivity contribution in [1.82, 2.24) is 0 Å². The van der Waals surface area contributed by atoms with Gasteiger partial charge >= 0.3 is 5.97 Å². The van der Waals surface area contributed by atoms with Crippen LogP contribution in [0.15, 0.2) is 24.3 Å². The molecule has 1 saturated carbocycles. The Morgan fingerprint density at radius 3 is 2.62 bits per heavy atom. The molecule has 0 spiro atoms. The molecule has 0 bridgehead atoms. The number of esters is 1. The van der Waals surface area contributed by atoms with Crippen molar-refractivity contribution in [1.29, 1.82) is 0 Å². The van der Waals surface area contributed by atoms with Crippen LogP contribution in [-0.2, 0) is 9.53 Å². The standard InChI is InChI=1S/C12H15NO3/c14-10-6-4-9(5-7-10)13-8-12(15)16-11-2-1-3-11/h4-7,11,13-14H,1-3,8H2. The summed E-state index contributed by atoms with van der Waals surface area (Å²) >= 11 is 0. The molecule has 1 aliphatic rings. The van der Waals surface area contributed by atoms with Gasteiger partial charge in [0, 0.05) is 5.69 Å². The summed E-state index contributed by atoms with van der Waals surface area (Å²) in [7, 11) is 0. The number of carbonyl (C=O) groups excluding carboxylic acids is 1. The van der Waals surface area contributed by atoms with Crippen molar-refractivity contribution in [3.05, 3.63) is 24.3 Å². The average Bonchev–Trinajstić information content (AvgIpc) is 2.23. The maximum atomic E-state index is 11.4. The van der Waals surface area contributed by atoms with Crippen LogP contribution in [0.4, 0.5) is 5.69 Å². The molecule has 0 saturated heterocycles. The van der Waals surface area contributed by atoms with E-state index < -0.39 is 0 Å². The molecule has 0 aliphatic heterocycles. The first-order chi connectivity index (χ1) is 7.74. The number of hydrogen-bond acceptors (Lipinski definition) is 4.